The van der Waals surface area contributed by atoms with Crippen molar-refractivity contribution >= 4 is 11.5 Å². The van der Waals surface area contributed by atoms with Crippen molar-refractivity contribution in [1.82, 2.24) is 4.90 Å². The molecule has 1 aliphatic heterocycles. The summed E-state index contributed by atoms with van der Waals surface area (Å²) < 4.78 is 24.3. The number of aryl methyl sites for hydroxylation is 1. The standard InChI is InChI=1S/C29H33FN2O4/c1-35-26-6-4-5-24(19-26)32-17-15-31(16-18-32)20-25(33)21-36-29-8-3-2-7-27(29)28(34)14-11-22-9-12-23(30)13-10-22/h2-10,12-13,19,25,33H,11,14-18,20-21H2,1H3. The highest BCUT2D eigenvalue weighted by Gasteiger charge is 2.21. The second-order valence-electron chi connectivity index (χ2n) is 9.00. The third kappa shape index (κ3) is 7.06. The van der Waals surface area contributed by atoms with Crippen LogP contribution in [0.3, 0.4) is 0 Å². The minimum absolute atomic E-state index is 0.0434. The topological polar surface area (TPSA) is 62.2 Å². The lowest BCUT2D eigenvalue weighted by Gasteiger charge is -2.37. The molecule has 0 aromatic heterocycles. The summed E-state index contributed by atoms with van der Waals surface area (Å²) in [4.78, 5) is 17.4. The largest absolute Gasteiger partial charge is 0.497 e. The lowest BCUT2D eigenvalue weighted by Crippen LogP contribution is -2.49. The number of hydrogen-bond acceptors (Lipinski definition) is 6. The first-order valence-corrected chi connectivity index (χ1v) is 12.3. The van der Waals surface area contributed by atoms with E-state index in [1.807, 2.05) is 24.3 Å². The number of β-amino-alcohol motifs (C(OH)–C–C–N with tert-alkyl or cyclic N) is 1. The fourth-order valence-electron chi connectivity index (χ4n) is 4.40. The second kappa shape index (κ2) is 12.5. The molecule has 4 rings (SSSR count). The number of ether oxygens (including phenoxy) is 2. The van der Waals surface area contributed by atoms with Crippen molar-refractivity contribution in [2.45, 2.75) is 18.9 Å². The maximum Gasteiger partial charge on any atom is 0.166 e. The van der Waals surface area contributed by atoms with Crippen molar-refractivity contribution in [3.8, 4) is 11.5 Å². The van der Waals surface area contributed by atoms with Crippen LogP contribution in [0.25, 0.3) is 0 Å². The van der Waals surface area contributed by atoms with E-state index in [0.29, 0.717) is 30.7 Å². The van der Waals surface area contributed by atoms with E-state index >= 15 is 0 Å². The maximum absolute atomic E-state index is 13.1. The zero-order valence-electron chi connectivity index (χ0n) is 20.6. The fourth-order valence-corrected chi connectivity index (χ4v) is 4.40. The molecule has 3 aromatic rings. The lowest BCUT2D eigenvalue weighted by molar-refractivity contribution is 0.0655. The number of rotatable bonds is 11. The van der Waals surface area contributed by atoms with E-state index in [9.17, 15) is 14.3 Å². The fraction of sp³-hybridized carbons (Fsp3) is 0.345. The molecule has 1 saturated heterocycles. The molecule has 1 aliphatic rings. The van der Waals surface area contributed by atoms with Crippen LogP contribution < -0.4 is 14.4 Å². The number of Topliss-reactive ketones (excluding diaryl/α,β-unsaturated/α-hetero) is 1. The Morgan fingerprint density at radius 2 is 1.75 bits per heavy atom. The monoisotopic (exact) mass is 492 g/mol. The average Bonchev–Trinajstić information content (AvgIpc) is 2.92. The number of aliphatic hydroxyl groups excluding tert-OH is 1. The number of anilines is 1. The van der Waals surface area contributed by atoms with Gasteiger partial charge >= 0.3 is 0 Å². The SMILES string of the molecule is COc1cccc(N2CCN(CC(O)COc3ccccc3C(=O)CCc3ccc(F)cc3)CC2)c1. The molecule has 7 heteroatoms. The van der Waals surface area contributed by atoms with Crippen LogP contribution in [-0.2, 0) is 6.42 Å². The molecule has 0 radical (unpaired) electrons. The van der Waals surface area contributed by atoms with Gasteiger partial charge in [-0.3, -0.25) is 9.69 Å². The number of benzene rings is 3. The smallest absolute Gasteiger partial charge is 0.166 e. The Hall–Kier alpha value is -3.42. The molecule has 0 bridgehead atoms. The van der Waals surface area contributed by atoms with Crippen molar-refractivity contribution in [2.75, 3.05) is 51.3 Å². The third-order valence-electron chi connectivity index (χ3n) is 6.43. The number of carbonyl (C=O) groups is 1. The van der Waals surface area contributed by atoms with Gasteiger partial charge in [0.25, 0.3) is 0 Å². The number of carbonyl (C=O) groups excluding carboxylic acids is 1. The third-order valence-corrected chi connectivity index (χ3v) is 6.43. The number of methoxy groups -OCH3 is 1. The summed E-state index contributed by atoms with van der Waals surface area (Å²) in [6, 6.07) is 21.4. The van der Waals surface area contributed by atoms with Crippen LogP contribution in [0.2, 0.25) is 0 Å². The average molecular weight is 493 g/mol. The Bertz CT molecular complexity index is 1130. The predicted molar refractivity (Wildman–Crippen MR) is 139 cm³/mol. The molecule has 1 heterocycles. The number of nitrogens with zero attached hydrogens (tertiary/aromatic N) is 2. The van der Waals surface area contributed by atoms with Gasteiger partial charge in [-0.05, 0) is 48.4 Å². The first-order valence-electron chi connectivity index (χ1n) is 12.3. The molecule has 0 saturated carbocycles. The van der Waals surface area contributed by atoms with Gasteiger partial charge in [0, 0.05) is 50.9 Å². The van der Waals surface area contributed by atoms with E-state index in [0.717, 1.165) is 43.2 Å². The Morgan fingerprint density at radius 1 is 1.00 bits per heavy atom. The highest BCUT2D eigenvalue weighted by molar-refractivity contribution is 5.98. The van der Waals surface area contributed by atoms with Crippen LogP contribution in [0.15, 0.2) is 72.8 Å². The van der Waals surface area contributed by atoms with Crippen LogP contribution in [0.4, 0.5) is 10.1 Å². The molecular weight excluding hydrogens is 459 g/mol. The van der Waals surface area contributed by atoms with Gasteiger partial charge in [-0.2, -0.15) is 0 Å². The highest BCUT2D eigenvalue weighted by Crippen LogP contribution is 2.23. The van der Waals surface area contributed by atoms with Crippen LogP contribution in [0, 0.1) is 5.82 Å². The summed E-state index contributed by atoms with van der Waals surface area (Å²) in [5, 5.41) is 10.6. The van der Waals surface area contributed by atoms with E-state index in [4.69, 9.17) is 9.47 Å². The minimum atomic E-state index is -0.671. The Kier molecular flexibility index (Phi) is 8.92. The van der Waals surface area contributed by atoms with Crippen LogP contribution in [-0.4, -0.2) is 68.3 Å². The summed E-state index contributed by atoms with van der Waals surface area (Å²) in [5.41, 5.74) is 2.54. The Balaban J connectivity index is 1.24. The van der Waals surface area contributed by atoms with Crippen molar-refractivity contribution < 1.29 is 23.8 Å². The number of hydrogen-bond donors (Lipinski definition) is 1. The minimum Gasteiger partial charge on any atom is -0.497 e. The number of aliphatic hydroxyl groups is 1. The van der Waals surface area contributed by atoms with E-state index < -0.39 is 6.10 Å². The molecule has 36 heavy (non-hydrogen) atoms. The highest BCUT2D eigenvalue weighted by atomic mass is 19.1. The molecule has 3 aromatic carbocycles. The second-order valence-corrected chi connectivity index (χ2v) is 9.00. The number of ketones is 1. The van der Waals surface area contributed by atoms with E-state index in [1.165, 1.54) is 12.1 Å². The number of halogens is 1. The van der Waals surface area contributed by atoms with E-state index in [1.54, 1.807) is 37.4 Å². The molecule has 0 aliphatic carbocycles. The molecule has 0 amide bonds. The Morgan fingerprint density at radius 3 is 2.50 bits per heavy atom. The molecular formula is C29H33FN2O4. The summed E-state index contributed by atoms with van der Waals surface area (Å²) in [7, 11) is 1.67. The van der Waals surface area contributed by atoms with Crippen molar-refractivity contribution in [3.05, 3.63) is 89.7 Å². The molecule has 0 spiro atoms. The molecule has 1 N–H and O–H groups in total. The van der Waals surface area contributed by atoms with Gasteiger partial charge in [-0.25, -0.2) is 4.39 Å². The lowest BCUT2D eigenvalue weighted by atomic mass is 10.0. The van der Waals surface area contributed by atoms with Crippen LogP contribution in [0.5, 0.6) is 11.5 Å². The van der Waals surface area contributed by atoms with Gasteiger partial charge in [-0.15, -0.1) is 0 Å². The van der Waals surface area contributed by atoms with Gasteiger partial charge < -0.3 is 19.5 Å². The van der Waals surface area contributed by atoms with Crippen molar-refractivity contribution in [1.29, 1.82) is 0 Å². The van der Waals surface area contributed by atoms with Gasteiger partial charge in [-0.1, -0.05) is 30.3 Å². The van der Waals surface area contributed by atoms with Gasteiger partial charge in [0.1, 0.15) is 30.0 Å². The quantitative estimate of drug-likeness (QED) is 0.405. The summed E-state index contributed by atoms with van der Waals surface area (Å²) >= 11 is 0. The van der Waals surface area contributed by atoms with E-state index in [2.05, 4.69) is 15.9 Å². The maximum atomic E-state index is 13.1. The first kappa shape index (κ1) is 25.7. The first-order chi connectivity index (χ1) is 17.5. The number of piperazine rings is 1. The van der Waals surface area contributed by atoms with Gasteiger partial charge in [0.2, 0.25) is 0 Å². The van der Waals surface area contributed by atoms with Crippen molar-refractivity contribution in [2.24, 2.45) is 0 Å². The molecule has 1 atom stereocenters. The zero-order valence-corrected chi connectivity index (χ0v) is 20.6. The molecule has 6 nitrogen and oxygen atoms in total. The van der Waals surface area contributed by atoms with Crippen LogP contribution in [0.1, 0.15) is 22.3 Å². The summed E-state index contributed by atoms with van der Waals surface area (Å²) in [5.74, 6) is 0.986. The zero-order chi connectivity index (χ0) is 25.3. The Labute approximate surface area is 211 Å². The van der Waals surface area contributed by atoms with Crippen LogP contribution >= 0.6 is 0 Å². The summed E-state index contributed by atoms with van der Waals surface area (Å²) in [6.45, 7) is 4.03. The van der Waals surface area contributed by atoms with Gasteiger partial charge in [0.15, 0.2) is 5.78 Å². The molecule has 1 fully saturated rings. The molecule has 190 valence electrons. The summed E-state index contributed by atoms with van der Waals surface area (Å²) in [6.07, 6.45) is 0.153. The predicted octanol–water partition coefficient (Wildman–Crippen LogP) is 4.21. The normalized spacial score (nSPS) is 14.9. The van der Waals surface area contributed by atoms with Gasteiger partial charge in [0.05, 0.1) is 12.7 Å². The van der Waals surface area contributed by atoms with E-state index in [-0.39, 0.29) is 18.2 Å². The van der Waals surface area contributed by atoms with Crippen molar-refractivity contribution in [3.63, 3.8) is 0 Å². The number of para-hydroxylation sites is 1. The molecule has 1 unspecified atom stereocenters.